The molecule has 1 amide bonds. The summed E-state index contributed by atoms with van der Waals surface area (Å²) in [4.78, 5) is 34.1. The molecule has 0 saturated carbocycles. The van der Waals surface area contributed by atoms with Gasteiger partial charge in [-0.15, -0.1) is 0 Å². The van der Waals surface area contributed by atoms with Crippen LogP contribution < -0.4 is 5.32 Å². The molecule has 0 aliphatic rings. The average Bonchev–Trinajstić information content (AvgIpc) is 2.47. The molecular weight excluding hydrogens is 298 g/mol. The first-order valence-electron chi connectivity index (χ1n) is 7.71. The average molecular weight is 321 g/mol. The van der Waals surface area contributed by atoms with Gasteiger partial charge in [0.2, 0.25) is 5.91 Å². The van der Waals surface area contributed by atoms with Gasteiger partial charge in [-0.1, -0.05) is 26.7 Å². The molecule has 0 aromatic heterocycles. The monoisotopic (exact) mass is 321 g/mol. The fraction of sp³-hybridized carbons (Fsp3) is 0.471. The molecule has 3 N–H and O–H groups in total. The van der Waals surface area contributed by atoms with E-state index < -0.39 is 17.9 Å². The molecule has 1 rings (SSSR count). The molecule has 1 aromatic rings. The lowest BCUT2D eigenvalue weighted by Crippen LogP contribution is -2.26. The van der Waals surface area contributed by atoms with E-state index in [-0.39, 0.29) is 23.8 Å². The van der Waals surface area contributed by atoms with Gasteiger partial charge >= 0.3 is 11.9 Å². The lowest BCUT2D eigenvalue weighted by Gasteiger charge is -2.19. The Kier molecular flexibility index (Phi) is 7.25. The Hall–Kier alpha value is -2.37. The highest BCUT2D eigenvalue weighted by molar-refractivity contribution is 5.92. The molecule has 0 unspecified atom stereocenters. The fourth-order valence-corrected chi connectivity index (χ4v) is 2.42. The quantitative estimate of drug-likeness (QED) is 0.648. The summed E-state index contributed by atoms with van der Waals surface area (Å²) in [5, 5.41) is 20.7. The van der Waals surface area contributed by atoms with E-state index in [4.69, 9.17) is 5.11 Å². The SMILES string of the molecule is CCCC[C@H](C(=O)O)[C@H](C)CC(=O)Nc1ccc(C(=O)O)cc1. The molecule has 2 atom stereocenters. The standard InChI is InChI=1S/C17H23NO5/c1-3-4-5-14(17(22)23)11(2)10-15(19)18-13-8-6-12(7-9-13)16(20)21/h6-9,11,14H,3-5,10H2,1-2H3,(H,18,19)(H,20,21)(H,22,23)/t11-,14+/m1/s1. The first-order chi connectivity index (χ1) is 10.8. The highest BCUT2D eigenvalue weighted by atomic mass is 16.4. The summed E-state index contributed by atoms with van der Waals surface area (Å²) in [5.74, 6) is -2.97. The molecule has 0 saturated heterocycles. The number of hydrogen-bond acceptors (Lipinski definition) is 3. The molecule has 0 aliphatic carbocycles. The van der Waals surface area contributed by atoms with Gasteiger partial charge in [0.1, 0.15) is 0 Å². The maximum Gasteiger partial charge on any atom is 0.335 e. The topological polar surface area (TPSA) is 104 Å². The van der Waals surface area contributed by atoms with Crippen LogP contribution in [0.1, 0.15) is 49.9 Å². The molecule has 0 bridgehead atoms. The number of anilines is 1. The minimum atomic E-state index is -1.03. The molecule has 0 fully saturated rings. The number of aliphatic carboxylic acids is 1. The summed E-state index contributed by atoms with van der Waals surface area (Å²) in [6, 6.07) is 5.83. The number of amides is 1. The molecule has 6 nitrogen and oxygen atoms in total. The van der Waals surface area contributed by atoms with Gasteiger partial charge in [-0.25, -0.2) is 4.79 Å². The van der Waals surface area contributed by atoms with Crippen molar-refractivity contribution in [2.24, 2.45) is 11.8 Å². The minimum absolute atomic E-state index is 0.112. The molecule has 126 valence electrons. The van der Waals surface area contributed by atoms with Gasteiger partial charge < -0.3 is 15.5 Å². The van der Waals surface area contributed by atoms with Gasteiger partial charge in [0.25, 0.3) is 0 Å². The number of benzene rings is 1. The fourth-order valence-electron chi connectivity index (χ4n) is 2.42. The third-order valence-electron chi connectivity index (χ3n) is 3.80. The molecule has 0 aliphatic heterocycles. The molecule has 0 spiro atoms. The van der Waals surface area contributed by atoms with Gasteiger partial charge in [-0.2, -0.15) is 0 Å². The summed E-state index contributed by atoms with van der Waals surface area (Å²) in [5.41, 5.74) is 0.634. The van der Waals surface area contributed by atoms with Gasteiger partial charge in [0.15, 0.2) is 0 Å². The van der Waals surface area contributed by atoms with Crippen LogP contribution >= 0.6 is 0 Å². The van der Waals surface area contributed by atoms with E-state index in [0.29, 0.717) is 12.1 Å². The van der Waals surface area contributed by atoms with E-state index in [1.165, 1.54) is 24.3 Å². The van der Waals surface area contributed by atoms with Crippen molar-refractivity contribution in [3.63, 3.8) is 0 Å². The molecular formula is C17H23NO5. The van der Waals surface area contributed by atoms with Crippen LogP contribution in [0.4, 0.5) is 5.69 Å². The number of carboxylic acids is 2. The van der Waals surface area contributed by atoms with E-state index in [9.17, 15) is 19.5 Å². The van der Waals surface area contributed by atoms with Crippen molar-refractivity contribution in [2.75, 3.05) is 5.32 Å². The zero-order chi connectivity index (χ0) is 17.4. The molecule has 6 heteroatoms. The zero-order valence-corrected chi connectivity index (χ0v) is 13.4. The Balaban J connectivity index is 2.60. The predicted octanol–water partition coefficient (Wildman–Crippen LogP) is 3.24. The lowest BCUT2D eigenvalue weighted by atomic mass is 9.87. The predicted molar refractivity (Wildman–Crippen MR) is 86.5 cm³/mol. The second-order valence-electron chi connectivity index (χ2n) is 5.70. The second-order valence-corrected chi connectivity index (χ2v) is 5.70. The van der Waals surface area contributed by atoms with E-state index in [1.54, 1.807) is 6.92 Å². The molecule has 23 heavy (non-hydrogen) atoms. The van der Waals surface area contributed by atoms with Gasteiger partial charge in [-0.3, -0.25) is 9.59 Å². The van der Waals surface area contributed by atoms with Crippen molar-refractivity contribution in [1.82, 2.24) is 0 Å². The Labute approximate surface area is 135 Å². The van der Waals surface area contributed by atoms with Gasteiger partial charge in [0, 0.05) is 12.1 Å². The van der Waals surface area contributed by atoms with E-state index in [2.05, 4.69) is 5.32 Å². The van der Waals surface area contributed by atoms with Crippen molar-refractivity contribution in [3.05, 3.63) is 29.8 Å². The van der Waals surface area contributed by atoms with Gasteiger partial charge in [0.05, 0.1) is 11.5 Å². The van der Waals surface area contributed by atoms with Crippen LogP contribution in [0.3, 0.4) is 0 Å². The number of carbonyl (C=O) groups is 3. The number of aromatic carboxylic acids is 1. The van der Waals surface area contributed by atoms with Crippen LogP contribution in [0.2, 0.25) is 0 Å². The maximum absolute atomic E-state index is 12.0. The van der Waals surface area contributed by atoms with Crippen LogP contribution in [-0.2, 0) is 9.59 Å². The van der Waals surface area contributed by atoms with Crippen LogP contribution in [0.25, 0.3) is 0 Å². The first-order valence-corrected chi connectivity index (χ1v) is 7.71. The molecule has 1 aromatic carbocycles. The maximum atomic E-state index is 12.0. The molecule has 0 radical (unpaired) electrons. The van der Waals surface area contributed by atoms with Crippen molar-refractivity contribution in [1.29, 1.82) is 0 Å². The van der Waals surface area contributed by atoms with Crippen molar-refractivity contribution in [2.45, 2.75) is 39.5 Å². The third kappa shape index (κ3) is 6.10. The number of carboxylic acid groups (broad SMARTS) is 2. The summed E-state index contributed by atoms with van der Waals surface area (Å²) in [6.45, 7) is 3.76. The number of rotatable bonds is 9. The Morgan fingerprint density at radius 1 is 1.13 bits per heavy atom. The van der Waals surface area contributed by atoms with Gasteiger partial charge in [-0.05, 0) is 36.6 Å². The van der Waals surface area contributed by atoms with Crippen LogP contribution in [0, 0.1) is 11.8 Å². The number of carbonyl (C=O) groups excluding carboxylic acids is 1. The summed E-state index contributed by atoms with van der Waals surface area (Å²) in [6.07, 6.45) is 2.41. The number of hydrogen-bond donors (Lipinski definition) is 3. The lowest BCUT2D eigenvalue weighted by molar-refractivity contribution is -0.144. The highest BCUT2D eigenvalue weighted by Gasteiger charge is 2.25. The Morgan fingerprint density at radius 2 is 1.74 bits per heavy atom. The zero-order valence-electron chi connectivity index (χ0n) is 13.4. The molecule has 0 heterocycles. The van der Waals surface area contributed by atoms with E-state index in [1.807, 2.05) is 6.92 Å². The summed E-state index contributed by atoms with van der Waals surface area (Å²) in [7, 11) is 0. The minimum Gasteiger partial charge on any atom is -0.481 e. The van der Waals surface area contributed by atoms with Crippen molar-refractivity contribution < 1.29 is 24.6 Å². The third-order valence-corrected chi connectivity index (χ3v) is 3.80. The van der Waals surface area contributed by atoms with Crippen LogP contribution in [-0.4, -0.2) is 28.1 Å². The summed E-state index contributed by atoms with van der Waals surface area (Å²) < 4.78 is 0. The highest BCUT2D eigenvalue weighted by Crippen LogP contribution is 2.22. The summed E-state index contributed by atoms with van der Waals surface area (Å²) >= 11 is 0. The number of nitrogens with one attached hydrogen (secondary N) is 1. The van der Waals surface area contributed by atoms with Crippen LogP contribution in [0.5, 0.6) is 0 Å². The normalized spacial score (nSPS) is 13.1. The number of unbranched alkanes of at least 4 members (excludes halogenated alkanes) is 1. The van der Waals surface area contributed by atoms with Crippen molar-refractivity contribution >= 4 is 23.5 Å². The Morgan fingerprint density at radius 3 is 2.22 bits per heavy atom. The Bertz CT molecular complexity index is 553. The smallest absolute Gasteiger partial charge is 0.335 e. The van der Waals surface area contributed by atoms with E-state index in [0.717, 1.165) is 12.8 Å². The van der Waals surface area contributed by atoms with Crippen LogP contribution in [0.15, 0.2) is 24.3 Å². The van der Waals surface area contributed by atoms with Crippen molar-refractivity contribution in [3.8, 4) is 0 Å². The second kappa shape index (κ2) is 8.92. The first kappa shape index (κ1) is 18.7. The van der Waals surface area contributed by atoms with E-state index >= 15 is 0 Å². The largest absolute Gasteiger partial charge is 0.481 e.